The number of nitrogens with one attached hydrogen (secondary N) is 2. The lowest BCUT2D eigenvalue weighted by Crippen LogP contribution is -2.19. The zero-order valence-corrected chi connectivity index (χ0v) is 18.2. The number of hydrogen-bond acceptors (Lipinski definition) is 4. The normalized spacial score (nSPS) is 11.1. The zero-order chi connectivity index (χ0) is 20.2. The van der Waals surface area contributed by atoms with Crippen molar-refractivity contribution in [1.82, 2.24) is 10.9 Å². The van der Waals surface area contributed by atoms with E-state index in [1.54, 1.807) is 12.4 Å². The van der Waals surface area contributed by atoms with Gasteiger partial charge in [0.25, 0.3) is 0 Å². The molecule has 2 N–H and O–H groups in total. The van der Waals surface area contributed by atoms with Crippen LogP contribution in [0.2, 0.25) is 0 Å². The zero-order valence-electron chi connectivity index (χ0n) is 15.1. The van der Waals surface area contributed by atoms with Gasteiger partial charge in [0, 0.05) is 21.8 Å². The van der Waals surface area contributed by atoms with Gasteiger partial charge < -0.3 is 0 Å². The topological polar surface area (TPSA) is 82.9 Å². The molecule has 0 saturated heterocycles. The third kappa shape index (κ3) is 9.05. The Morgan fingerprint density at radius 3 is 1.61 bits per heavy atom. The third-order valence-electron chi connectivity index (χ3n) is 3.56. The van der Waals surface area contributed by atoms with Crippen LogP contribution in [0.1, 0.15) is 36.8 Å². The SMILES string of the molecule is O=C(CCCCC(=O)N/N=C/c1cccc(Br)c1)N/N=C/c1cccc(Br)c1. The molecule has 8 heteroatoms. The molecule has 146 valence electrons. The second kappa shape index (κ2) is 12.2. The van der Waals surface area contributed by atoms with Gasteiger partial charge in [0.05, 0.1) is 12.4 Å². The lowest BCUT2D eigenvalue weighted by atomic mass is 10.2. The average molecular weight is 508 g/mol. The van der Waals surface area contributed by atoms with E-state index >= 15 is 0 Å². The minimum Gasteiger partial charge on any atom is -0.273 e. The number of benzene rings is 2. The number of amides is 2. The van der Waals surface area contributed by atoms with Gasteiger partial charge in [-0.15, -0.1) is 0 Å². The predicted octanol–water partition coefficient (Wildman–Crippen LogP) is 4.37. The molecule has 0 heterocycles. The summed E-state index contributed by atoms with van der Waals surface area (Å²) in [7, 11) is 0. The van der Waals surface area contributed by atoms with Crippen LogP contribution in [0.4, 0.5) is 0 Å². The molecular formula is C20H20Br2N4O2. The van der Waals surface area contributed by atoms with Gasteiger partial charge in [-0.3, -0.25) is 9.59 Å². The van der Waals surface area contributed by atoms with E-state index < -0.39 is 0 Å². The summed E-state index contributed by atoms with van der Waals surface area (Å²) >= 11 is 6.75. The molecule has 2 aromatic rings. The van der Waals surface area contributed by atoms with Crippen LogP contribution in [0.25, 0.3) is 0 Å². The summed E-state index contributed by atoms with van der Waals surface area (Å²) < 4.78 is 1.89. The molecule has 2 amide bonds. The van der Waals surface area contributed by atoms with Crippen molar-refractivity contribution in [1.29, 1.82) is 0 Å². The highest BCUT2D eigenvalue weighted by molar-refractivity contribution is 9.10. The van der Waals surface area contributed by atoms with E-state index in [-0.39, 0.29) is 11.8 Å². The Kier molecular flexibility index (Phi) is 9.57. The summed E-state index contributed by atoms with van der Waals surface area (Å²) in [6.07, 6.45) is 4.98. The van der Waals surface area contributed by atoms with Crippen LogP contribution in [-0.4, -0.2) is 24.2 Å². The third-order valence-corrected chi connectivity index (χ3v) is 4.55. The van der Waals surface area contributed by atoms with Crippen molar-refractivity contribution >= 4 is 56.1 Å². The molecule has 0 spiro atoms. The monoisotopic (exact) mass is 506 g/mol. The highest BCUT2D eigenvalue weighted by atomic mass is 79.9. The minimum absolute atomic E-state index is 0.181. The van der Waals surface area contributed by atoms with Crippen molar-refractivity contribution in [2.75, 3.05) is 0 Å². The van der Waals surface area contributed by atoms with Gasteiger partial charge in [-0.2, -0.15) is 10.2 Å². The smallest absolute Gasteiger partial charge is 0.240 e. The molecule has 28 heavy (non-hydrogen) atoms. The number of carbonyl (C=O) groups is 2. The van der Waals surface area contributed by atoms with Gasteiger partial charge in [-0.1, -0.05) is 56.1 Å². The van der Waals surface area contributed by atoms with Crippen LogP contribution >= 0.6 is 31.9 Å². The van der Waals surface area contributed by atoms with Gasteiger partial charge in [-0.05, 0) is 48.2 Å². The first kappa shape index (κ1) is 22.0. The first-order valence-corrected chi connectivity index (χ1v) is 10.3. The fraction of sp³-hybridized carbons (Fsp3) is 0.200. The van der Waals surface area contributed by atoms with Crippen molar-refractivity contribution in [2.24, 2.45) is 10.2 Å². The lowest BCUT2D eigenvalue weighted by molar-refractivity contribution is -0.123. The number of halogens is 2. The Labute approximate surface area is 180 Å². The van der Waals surface area contributed by atoms with E-state index in [0.29, 0.717) is 25.7 Å². The van der Waals surface area contributed by atoms with Gasteiger partial charge in [0.1, 0.15) is 0 Å². The largest absolute Gasteiger partial charge is 0.273 e. The molecule has 0 bridgehead atoms. The number of hydrazone groups is 2. The van der Waals surface area contributed by atoms with Crippen molar-refractivity contribution < 1.29 is 9.59 Å². The van der Waals surface area contributed by atoms with Crippen LogP contribution in [0.15, 0.2) is 67.7 Å². The number of hydrogen-bond donors (Lipinski definition) is 2. The maximum absolute atomic E-state index is 11.7. The van der Waals surface area contributed by atoms with Gasteiger partial charge in [0.15, 0.2) is 0 Å². The Balaban J connectivity index is 1.58. The molecule has 2 rings (SSSR count). The summed E-state index contributed by atoms with van der Waals surface area (Å²) in [5.41, 5.74) is 6.73. The van der Waals surface area contributed by atoms with Crippen LogP contribution in [-0.2, 0) is 9.59 Å². The Bertz CT molecular complexity index is 797. The molecule has 0 aliphatic carbocycles. The van der Waals surface area contributed by atoms with Gasteiger partial charge in [-0.25, -0.2) is 10.9 Å². The summed E-state index contributed by atoms with van der Waals surface area (Å²) in [6, 6.07) is 15.2. The maximum atomic E-state index is 11.7. The molecule has 0 atom stereocenters. The van der Waals surface area contributed by atoms with E-state index in [0.717, 1.165) is 20.1 Å². The van der Waals surface area contributed by atoms with Crippen molar-refractivity contribution in [2.45, 2.75) is 25.7 Å². The minimum atomic E-state index is -0.181. The summed E-state index contributed by atoms with van der Waals surface area (Å²) in [5, 5.41) is 7.85. The molecule has 0 aliphatic rings. The van der Waals surface area contributed by atoms with E-state index in [9.17, 15) is 9.59 Å². The predicted molar refractivity (Wildman–Crippen MR) is 118 cm³/mol. The molecule has 0 aliphatic heterocycles. The summed E-state index contributed by atoms with van der Waals surface area (Å²) in [6.45, 7) is 0. The molecule has 0 saturated carbocycles. The van der Waals surface area contributed by atoms with Crippen LogP contribution in [0.3, 0.4) is 0 Å². The van der Waals surface area contributed by atoms with E-state index in [1.807, 2.05) is 48.5 Å². The number of rotatable bonds is 9. The standard InChI is InChI=1S/C20H20Br2N4O2/c21-17-7-3-5-15(11-17)13-23-25-19(27)9-1-2-10-20(28)26-24-14-16-6-4-8-18(22)12-16/h3-8,11-14H,1-2,9-10H2,(H,25,27)(H,26,28)/b23-13+,24-14+. The fourth-order valence-corrected chi connectivity index (χ4v) is 3.05. The maximum Gasteiger partial charge on any atom is 0.240 e. The summed E-state index contributed by atoms with van der Waals surface area (Å²) in [5.74, 6) is -0.362. The van der Waals surface area contributed by atoms with E-state index in [1.165, 1.54) is 0 Å². The van der Waals surface area contributed by atoms with Crippen LogP contribution in [0, 0.1) is 0 Å². The highest BCUT2D eigenvalue weighted by Crippen LogP contribution is 2.10. The van der Waals surface area contributed by atoms with Crippen LogP contribution < -0.4 is 10.9 Å². The Morgan fingerprint density at radius 2 is 1.21 bits per heavy atom. The van der Waals surface area contributed by atoms with E-state index in [2.05, 4.69) is 52.9 Å². The lowest BCUT2D eigenvalue weighted by Gasteiger charge is -2.01. The van der Waals surface area contributed by atoms with Crippen molar-refractivity contribution in [3.05, 3.63) is 68.6 Å². The second-order valence-electron chi connectivity index (χ2n) is 5.90. The highest BCUT2D eigenvalue weighted by Gasteiger charge is 2.03. The Morgan fingerprint density at radius 1 is 0.786 bits per heavy atom. The number of carbonyl (C=O) groups excluding carboxylic acids is 2. The van der Waals surface area contributed by atoms with E-state index in [4.69, 9.17) is 0 Å². The molecule has 6 nitrogen and oxygen atoms in total. The van der Waals surface area contributed by atoms with Crippen molar-refractivity contribution in [3.63, 3.8) is 0 Å². The molecule has 0 fully saturated rings. The fourth-order valence-electron chi connectivity index (χ4n) is 2.21. The van der Waals surface area contributed by atoms with Crippen molar-refractivity contribution in [3.8, 4) is 0 Å². The molecular weight excluding hydrogens is 488 g/mol. The molecule has 0 radical (unpaired) electrons. The first-order chi connectivity index (χ1) is 13.5. The molecule has 0 unspecified atom stereocenters. The molecule has 0 aromatic heterocycles. The second-order valence-corrected chi connectivity index (χ2v) is 7.73. The quantitative estimate of drug-likeness (QED) is 0.300. The average Bonchev–Trinajstić information content (AvgIpc) is 2.65. The van der Waals surface area contributed by atoms with Crippen LogP contribution in [0.5, 0.6) is 0 Å². The van der Waals surface area contributed by atoms with Gasteiger partial charge in [0.2, 0.25) is 11.8 Å². The first-order valence-electron chi connectivity index (χ1n) is 8.68. The number of unbranched alkanes of at least 4 members (excludes halogenated alkanes) is 1. The Hall–Kier alpha value is -2.32. The molecule has 2 aromatic carbocycles. The summed E-state index contributed by atoms with van der Waals surface area (Å²) in [4.78, 5) is 23.5. The number of nitrogens with zero attached hydrogens (tertiary/aromatic N) is 2. The van der Waals surface area contributed by atoms with Gasteiger partial charge >= 0.3 is 0 Å².